The van der Waals surface area contributed by atoms with Crippen molar-refractivity contribution in [2.24, 2.45) is 11.8 Å². The number of halogens is 1. The Morgan fingerprint density at radius 3 is 2.29 bits per heavy atom. The van der Waals surface area contributed by atoms with Gasteiger partial charge < -0.3 is 9.80 Å². The lowest BCUT2D eigenvalue weighted by molar-refractivity contribution is -0.138. The number of carbonyl (C=O) groups excluding carboxylic acids is 2. The predicted molar refractivity (Wildman–Crippen MR) is 119 cm³/mol. The monoisotopic (exact) mass is 422 g/mol. The molecule has 2 aliphatic rings. The molecule has 2 aromatic carbocycles. The van der Waals surface area contributed by atoms with E-state index >= 15 is 0 Å². The molecule has 2 heterocycles. The summed E-state index contributed by atoms with van der Waals surface area (Å²) in [5.74, 6) is 0.506. The van der Waals surface area contributed by atoms with E-state index in [1.807, 2.05) is 28.0 Å². The zero-order chi connectivity index (χ0) is 21.6. The lowest BCUT2D eigenvalue weighted by atomic mass is 9.81. The van der Waals surface area contributed by atoms with E-state index in [9.17, 15) is 14.0 Å². The van der Waals surface area contributed by atoms with Crippen LogP contribution in [0, 0.1) is 17.7 Å². The van der Waals surface area contributed by atoms with Crippen LogP contribution in [0.1, 0.15) is 43.2 Å². The molecule has 4 nitrogen and oxygen atoms in total. The quantitative estimate of drug-likeness (QED) is 0.715. The Balaban J connectivity index is 1.33. The number of nitrogens with zero attached hydrogens (tertiary/aromatic N) is 2. The average molecular weight is 423 g/mol. The summed E-state index contributed by atoms with van der Waals surface area (Å²) in [7, 11) is 0. The highest BCUT2D eigenvalue weighted by Gasteiger charge is 2.35. The van der Waals surface area contributed by atoms with E-state index in [2.05, 4.69) is 12.1 Å². The number of piperidine rings is 1. The van der Waals surface area contributed by atoms with Crippen LogP contribution in [0.5, 0.6) is 0 Å². The summed E-state index contributed by atoms with van der Waals surface area (Å²) in [6, 6.07) is 16.3. The average Bonchev–Trinajstić information content (AvgIpc) is 2.98. The predicted octanol–water partition coefficient (Wildman–Crippen LogP) is 4.44. The number of carbonyl (C=O) groups is 2. The van der Waals surface area contributed by atoms with E-state index in [-0.39, 0.29) is 23.5 Å². The second-order valence-electron chi connectivity index (χ2n) is 8.87. The summed E-state index contributed by atoms with van der Waals surface area (Å²) in [6.45, 7) is 2.92. The number of hydrogen-bond acceptors (Lipinski definition) is 2. The standard InChI is InChI=1S/C26H31FN2O2/c27-23-11-9-20(10-12-23)18-25(30)28-16-13-22(14-17-28)24-8-4-5-15-29(26(24)31)19-21-6-2-1-3-7-21/h1-3,6-7,9-12,22,24H,4-5,8,13-19H2/t24-/m0/s1. The highest BCUT2D eigenvalue weighted by Crippen LogP contribution is 2.33. The minimum absolute atomic E-state index is 0.0700. The van der Waals surface area contributed by atoms with Crippen molar-refractivity contribution in [3.63, 3.8) is 0 Å². The number of hydrogen-bond donors (Lipinski definition) is 0. The number of likely N-dealkylation sites (tertiary alicyclic amines) is 2. The number of amides is 2. The first-order valence-electron chi connectivity index (χ1n) is 11.4. The maximum absolute atomic E-state index is 13.3. The van der Waals surface area contributed by atoms with Gasteiger partial charge in [0.2, 0.25) is 11.8 Å². The van der Waals surface area contributed by atoms with Crippen molar-refractivity contribution in [1.29, 1.82) is 0 Å². The summed E-state index contributed by atoms with van der Waals surface area (Å²) >= 11 is 0. The minimum Gasteiger partial charge on any atom is -0.342 e. The molecule has 2 aromatic rings. The molecule has 0 unspecified atom stereocenters. The molecular formula is C26H31FN2O2. The lowest BCUT2D eigenvalue weighted by Gasteiger charge is -2.36. The molecule has 2 amide bonds. The van der Waals surface area contributed by atoms with E-state index in [1.165, 1.54) is 17.7 Å². The summed E-state index contributed by atoms with van der Waals surface area (Å²) in [4.78, 5) is 30.0. The lowest BCUT2D eigenvalue weighted by Crippen LogP contribution is -2.44. The summed E-state index contributed by atoms with van der Waals surface area (Å²) < 4.78 is 13.1. The summed E-state index contributed by atoms with van der Waals surface area (Å²) in [6.07, 6.45) is 5.17. The third-order valence-electron chi connectivity index (χ3n) is 6.77. The highest BCUT2D eigenvalue weighted by molar-refractivity contribution is 5.80. The van der Waals surface area contributed by atoms with E-state index in [0.29, 0.717) is 32.0 Å². The van der Waals surface area contributed by atoms with Crippen molar-refractivity contribution in [2.75, 3.05) is 19.6 Å². The molecule has 0 aromatic heterocycles. The van der Waals surface area contributed by atoms with Crippen molar-refractivity contribution >= 4 is 11.8 Å². The smallest absolute Gasteiger partial charge is 0.226 e. The number of benzene rings is 2. The fraction of sp³-hybridized carbons (Fsp3) is 0.462. The summed E-state index contributed by atoms with van der Waals surface area (Å²) in [5, 5.41) is 0. The maximum Gasteiger partial charge on any atom is 0.226 e. The van der Waals surface area contributed by atoms with E-state index in [1.54, 1.807) is 12.1 Å². The highest BCUT2D eigenvalue weighted by atomic mass is 19.1. The van der Waals surface area contributed by atoms with Gasteiger partial charge >= 0.3 is 0 Å². The van der Waals surface area contributed by atoms with Gasteiger partial charge in [-0.1, -0.05) is 48.9 Å². The van der Waals surface area contributed by atoms with E-state index in [0.717, 1.165) is 44.2 Å². The Kier molecular flexibility index (Phi) is 7.00. The van der Waals surface area contributed by atoms with Crippen LogP contribution in [0.3, 0.4) is 0 Å². The topological polar surface area (TPSA) is 40.6 Å². The maximum atomic E-state index is 13.3. The van der Waals surface area contributed by atoms with Gasteiger partial charge in [-0.3, -0.25) is 9.59 Å². The van der Waals surface area contributed by atoms with Gasteiger partial charge in [0.05, 0.1) is 6.42 Å². The molecule has 0 aliphatic carbocycles. The molecule has 4 rings (SSSR count). The Morgan fingerprint density at radius 1 is 0.871 bits per heavy atom. The number of rotatable bonds is 5. The Bertz CT molecular complexity index is 876. The molecule has 0 saturated carbocycles. The van der Waals surface area contributed by atoms with Crippen LogP contribution in [0.4, 0.5) is 4.39 Å². The van der Waals surface area contributed by atoms with E-state index in [4.69, 9.17) is 0 Å². The van der Waals surface area contributed by atoms with Crippen LogP contribution >= 0.6 is 0 Å². The first-order valence-corrected chi connectivity index (χ1v) is 11.4. The van der Waals surface area contributed by atoms with Crippen LogP contribution in [0.25, 0.3) is 0 Å². The molecule has 164 valence electrons. The zero-order valence-corrected chi connectivity index (χ0v) is 18.0. The molecule has 0 bridgehead atoms. The molecule has 2 aliphatic heterocycles. The third-order valence-corrected chi connectivity index (χ3v) is 6.77. The first-order chi connectivity index (χ1) is 15.1. The van der Waals surface area contributed by atoms with Gasteiger partial charge in [-0.05, 0) is 54.9 Å². The fourth-order valence-corrected chi connectivity index (χ4v) is 4.97. The molecular weight excluding hydrogens is 391 g/mol. The SMILES string of the molecule is O=C(Cc1ccc(F)cc1)N1CCC([C@@H]2CCCCN(Cc3ccccc3)C2=O)CC1. The minimum atomic E-state index is -0.286. The van der Waals surface area contributed by atoms with Crippen molar-refractivity contribution in [3.8, 4) is 0 Å². The molecule has 31 heavy (non-hydrogen) atoms. The van der Waals surface area contributed by atoms with Gasteiger partial charge in [0, 0.05) is 32.1 Å². The summed E-state index contributed by atoms with van der Waals surface area (Å²) in [5.41, 5.74) is 2.02. The van der Waals surface area contributed by atoms with Crippen LogP contribution in [-0.4, -0.2) is 41.2 Å². The molecule has 0 radical (unpaired) electrons. The van der Waals surface area contributed by atoms with Gasteiger partial charge in [0.15, 0.2) is 0 Å². The van der Waals surface area contributed by atoms with Crippen molar-refractivity contribution in [1.82, 2.24) is 9.80 Å². The van der Waals surface area contributed by atoms with Gasteiger partial charge in [0.1, 0.15) is 5.82 Å². The molecule has 1 atom stereocenters. The van der Waals surface area contributed by atoms with Gasteiger partial charge in [-0.15, -0.1) is 0 Å². The molecule has 5 heteroatoms. The fourth-order valence-electron chi connectivity index (χ4n) is 4.97. The van der Waals surface area contributed by atoms with Gasteiger partial charge in [-0.2, -0.15) is 0 Å². The first kappa shape index (κ1) is 21.5. The Hall–Kier alpha value is -2.69. The van der Waals surface area contributed by atoms with Gasteiger partial charge in [-0.25, -0.2) is 4.39 Å². The molecule has 2 fully saturated rings. The molecule has 0 N–H and O–H groups in total. The third kappa shape index (κ3) is 5.52. The Morgan fingerprint density at radius 2 is 1.58 bits per heavy atom. The van der Waals surface area contributed by atoms with Crippen LogP contribution in [-0.2, 0) is 22.6 Å². The van der Waals surface area contributed by atoms with Gasteiger partial charge in [0.25, 0.3) is 0 Å². The normalized spacial score (nSPS) is 20.5. The largest absolute Gasteiger partial charge is 0.342 e. The molecule has 2 saturated heterocycles. The van der Waals surface area contributed by atoms with E-state index < -0.39 is 0 Å². The second-order valence-corrected chi connectivity index (χ2v) is 8.87. The van der Waals surface area contributed by atoms with Crippen LogP contribution in [0.2, 0.25) is 0 Å². The van der Waals surface area contributed by atoms with Crippen LogP contribution < -0.4 is 0 Å². The second kappa shape index (κ2) is 10.1. The van der Waals surface area contributed by atoms with Crippen molar-refractivity contribution < 1.29 is 14.0 Å². The van der Waals surface area contributed by atoms with Crippen molar-refractivity contribution in [2.45, 2.75) is 45.1 Å². The molecule has 0 spiro atoms. The Labute approximate surface area is 184 Å². The van der Waals surface area contributed by atoms with Crippen molar-refractivity contribution in [3.05, 3.63) is 71.5 Å². The zero-order valence-electron chi connectivity index (χ0n) is 18.0. The van der Waals surface area contributed by atoms with Crippen LogP contribution in [0.15, 0.2) is 54.6 Å².